The zero-order valence-corrected chi connectivity index (χ0v) is 18.4. The first-order valence-corrected chi connectivity index (χ1v) is 10.2. The van der Waals surface area contributed by atoms with Crippen LogP contribution in [0.5, 0.6) is 5.88 Å². The van der Waals surface area contributed by atoms with E-state index >= 15 is 0 Å². The number of pyridine rings is 1. The number of hydrogen-bond donors (Lipinski definition) is 1. The molecule has 0 spiro atoms. The Labute approximate surface area is 193 Å². The largest absolute Gasteiger partial charge is 0.494 e. The molecule has 3 aromatic rings. The van der Waals surface area contributed by atoms with Gasteiger partial charge in [0.05, 0.1) is 28.9 Å². The summed E-state index contributed by atoms with van der Waals surface area (Å²) in [4.78, 5) is 42.9. The van der Waals surface area contributed by atoms with E-state index in [0.29, 0.717) is 33.0 Å². The highest BCUT2D eigenvalue weighted by atomic mass is 35.5. The number of amides is 2. The first-order chi connectivity index (χ1) is 15.7. The number of aromatic nitrogens is 1. The first-order valence-electron chi connectivity index (χ1n) is 9.85. The lowest BCUT2D eigenvalue weighted by Crippen LogP contribution is -2.29. The summed E-state index contributed by atoms with van der Waals surface area (Å²) in [5.74, 6) is -1.11. The van der Waals surface area contributed by atoms with Crippen molar-refractivity contribution in [1.82, 2.24) is 9.47 Å². The van der Waals surface area contributed by atoms with Gasteiger partial charge in [-0.25, -0.2) is 0 Å². The van der Waals surface area contributed by atoms with E-state index in [1.54, 1.807) is 49.4 Å². The Balaban J connectivity index is 1.66. The molecular formula is C24H17ClN4O4. The van der Waals surface area contributed by atoms with Gasteiger partial charge in [-0.15, -0.1) is 0 Å². The fourth-order valence-electron chi connectivity index (χ4n) is 3.65. The third-order valence-corrected chi connectivity index (χ3v) is 5.92. The van der Waals surface area contributed by atoms with Crippen LogP contribution < -0.4 is 5.56 Å². The van der Waals surface area contributed by atoms with Crippen LogP contribution >= 0.6 is 11.6 Å². The van der Waals surface area contributed by atoms with Crippen molar-refractivity contribution in [1.29, 1.82) is 5.26 Å². The number of hydrogen-bond acceptors (Lipinski definition) is 6. The number of carbonyl (C=O) groups excluding carboxylic acids is 2. The highest BCUT2D eigenvalue weighted by molar-refractivity contribution is 6.31. The van der Waals surface area contributed by atoms with Crippen molar-refractivity contribution in [2.24, 2.45) is 12.0 Å². The summed E-state index contributed by atoms with van der Waals surface area (Å²) in [6, 6.07) is 13.3. The number of fused-ring (bicyclic) bond motifs is 1. The maximum atomic E-state index is 12.7. The Hall–Kier alpha value is -4.22. The maximum Gasteiger partial charge on any atom is 0.271 e. The first kappa shape index (κ1) is 22.0. The highest BCUT2D eigenvalue weighted by Gasteiger charge is 2.35. The van der Waals surface area contributed by atoms with E-state index in [9.17, 15) is 24.8 Å². The minimum absolute atomic E-state index is 0.0305. The molecule has 1 aliphatic rings. The Bertz CT molecular complexity index is 1430. The number of rotatable bonds is 4. The zero-order valence-electron chi connectivity index (χ0n) is 17.7. The van der Waals surface area contributed by atoms with E-state index in [1.165, 1.54) is 13.3 Å². The molecular weight excluding hydrogens is 444 g/mol. The van der Waals surface area contributed by atoms with Crippen LogP contribution in [0, 0.1) is 18.3 Å². The summed E-state index contributed by atoms with van der Waals surface area (Å²) in [5.41, 5.74) is 1.51. The van der Waals surface area contributed by atoms with Gasteiger partial charge in [-0.2, -0.15) is 5.26 Å². The molecule has 0 atom stereocenters. The molecule has 33 heavy (non-hydrogen) atoms. The van der Waals surface area contributed by atoms with Crippen LogP contribution in [0.3, 0.4) is 0 Å². The number of nitrogens with zero attached hydrogens (tertiary/aromatic N) is 4. The van der Waals surface area contributed by atoms with Crippen molar-refractivity contribution in [3.63, 3.8) is 0 Å². The van der Waals surface area contributed by atoms with Crippen LogP contribution in [0.1, 0.15) is 43.0 Å². The third-order valence-electron chi connectivity index (χ3n) is 5.55. The van der Waals surface area contributed by atoms with Gasteiger partial charge in [0.1, 0.15) is 11.6 Å². The van der Waals surface area contributed by atoms with Gasteiger partial charge in [-0.05, 0) is 48.4 Å². The van der Waals surface area contributed by atoms with Crippen molar-refractivity contribution in [2.45, 2.75) is 13.5 Å². The Kier molecular flexibility index (Phi) is 5.58. The van der Waals surface area contributed by atoms with Gasteiger partial charge in [0.15, 0.2) is 0 Å². The maximum absolute atomic E-state index is 12.7. The summed E-state index contributed by atoms with van der Waals surface area (Å²) in [6.07, 6.45) is 1.35. The molecule has 8 nitrogen and oxygen atoms in total. The van der Waals surface area contributed by atoms with Crippen molar-refractivity contribution in [3.8, 4) is 11.9 Å². The van der Waals surface area contributed by atoms with Crippen LogP contribution in [-0.2, 0) is 13.6 Å². The van der Waals surface area contributed by atoms with Gasteiger partial charge in [0.2, 0.25) is 5.88 Å². The van der Waals surface area contributed by atoms with E-state index in [2.05, 4.69) is 4.99 Å². The number of halogens is 1. The standard InChI is InChI=1S/C24H17ClN4O4/c1-13-18(10-26)21(30)28(2)22(31)19(13)11-27-15-7-8-20(25)14(9-15)12-29-23(32)16-5-3-4-6-17(16)24(29)33/h3-9,11,31H,12H2,1-2H3. The molecule has 0 bridgehead atoms. The zero-order chi connectivity index (χ0) is 23.9. The van der Waals surface area contributed by atoms with E-state index < -0.39 is 17.4 Å². The number of aromatic hydroxyl groups is 1. The van der Waals surface area contributed by atoms with Crippen molar-refractivity contribution >= 4 is 35.3 Å². The number of nitriles is 1. The van der Waals surface area contributed by atoms with Gasteiger partial charge in [0, 0.05) is 18.3 Å². The van der Waals surface area contributed by atoms with Crippen molar-refractivity contribution < 1.29 is 14.7 Å². The van der Waals surface area contributed by atoms with E-state index in [-0.39, 0.29) is 23.6 Å². The van der Waals surface area contributed by atoms with Gasteiger partial charge < -0.3 is 5.11 Å². The second kappa shape index (κ2) is 8.37. The molecule has 1 aromatic heterocycles. The molecule has 164 valence electrons. The molecule has 1 N–H and O–H groups in total. The number of aliphatic imine (C=N–C) groups is 1. The van der Waals surface area contributed by atoms with Gasteiger partial charge in [-0.1, -0.05) is 23.7 Å². The third kappa shape index (κ3) is 3.69. The second-order valence-electron chi connectivity index (χ2n) is 7.49. The SMILES string of the molecule is Cc1c(C=Nc2ccc(Cl)c(CN3C(=O)c4ccccc4C3=O)c2)c(O)n(C)c(=O)c1C#N. The molecule has 4 rings (SSSR count). The van der Waals surface area contributed by atoms with E-state index in [4.69, 9.17) is 11.6 Å². The molecule has 0 unspecified atom stereocenters. The van der Waals surface area contributed by atoms with Crippen molar-refractivity contribution in [3.05, 3.63) is 91.2 Å². The Morgan fingerprint density at radius 1 is 1.12 bits per heavy atom. The van der Waals surface area contributed by atoms with E-state index in [0.717, 1.165) is 9.47 Å². The van der Waals surface area contributed by atoms with Crippen molar-refractivity contribution in [2.75, 3.05) is 0 Å². The normalized spacial score (nSPS) is 13.0. The van der Waals surface area contributed by atoms with Crippen LogP contribution in [0.2, 0.25) is 5.02 Å². The quantitative estimate of drug-likeness (QED) is 0.472. The Morgan fingerprint density at radius 3 is 2.36 bits per heavy atom. The molecule has 2 amide bonds. The summed E-state index contributed by atoms with van der Waals surface area (Å²) < 4.78 is 0.975. The van der Waals surface area contributed by atoms with Crippen LogP contribution in [0.25, 0.3) is 0 Å². The lowest BCUT2D eigenvalue weighted by atomic mass is 10.1. The van der Waals surface area contributed by atoms with Crippen LogP contribution in [0.15, 0.2) is 52.3 Å². The molecule has 0 saturated carbocycles. The van der Waals surface area contributed by atoms with Gasteiger partial charge >= 0.3 is 0 Å². The summed E-state index contributed by atoms with van der Waals surface area (Å²) in [7, 11) is 1.36. The van der Waals surface area contributed by atoms with E-state index in [1.807, 2.05) is 6.07 Å². The number of carbonyl (C=O) groups is 2. The molecule has 0 aliphatic carbocycles. The molecule has 2 aromatic carbocycles. The summed E-state index contributed by atoms with van der Waals surface area (Å²) in [6.45, 7) is 1.52. The predicted molar refractivity (Wildman–Crippen MR) is 122 cm³/mol. The number of benzene rings is 2. The molecule has 0 saturated heterocycles. The second-order valence-corrected chi connectivity index (χ2v) is 7.90. The van der Waals surface area contributed by atoms with Gasteiger partial charge in [-0.3, -0.25) is 28.8 Å². The fraction of sp³-hybridized carbons (Fsp3) is 0.125. The molecule has 1 aliphatic heterocycles. The lowest BCUT2D eigenvalue weighted by Gasteiger charge is -2.15. The fourth-order valence-corrected chi connectivity index (χ4v) is 3.83. The summed E-state index contributed by atoms with van der Waals surface area (Å²) >= 11 is 6.31. The monoisotopic (exact) mass is 460 g/mol. The molecule has 0 radical (unpaired) electrons. The predicted octanol–water partition coefficient (Wildman–Crippen LogP) is 3.47. The smallest absolute Gasteiger partial charge is 0.271 e. The highest BCUT2D eigenvalue weighted by Crippen LogP contribution is 2.29. The minimum atomic E-state index is -0.598. The lowest BCUT2D eigenvalue weighted by molar-refractivity contribution is 0.0642. The van der Waals surface area contributed by atoms with Gasteiger partial charge in [0.25, 0.3) is 17.4 Å². The molecule has 9 heteroatoms. The molecule has 2 heterocycles. The Morgan fingerprint density at radius 2 is 1.76 bits per heavy atom. The van der Waals surface area contributed by atoms with Crippen LogP contribution in [0.4, 0.5) is 5.69 Å². The minimum Gasteiger partial charge on any atom is -0.494 e. The summed E-state index contributed by atoms with van der Waals surface area (Å²) in [5, 5.41) is 20.0. The average Bonchev–Trinajstić information content (AvgIpc) is 3.05. The average molecular weight is 461 g/mol. The number of imide groups is 1. The topological polar surface area (TPSA) is 116 Å². The van der Waals surface area contributed by atoms with Crippen LogP contribution in [-0.4, -0.2) is 32.6 Å². The molecule has 0 fully saturated rings.